The molecule has 2 atom stereocenters. The Morgan fingerprint density at radius 1 is 1.47 bits per heavy atom. The van der Waals surface area contributed by atoms with Gasteiger partial charge in [-0.25, -0.2) is 4.39 Å². The Morgan fingerprint density at radius 2 is 2.20 bits per heavy atom. The lowest BCUT2D eigenvalue weighted by atomic mass is 9.79. The van der Waals surface area contributed by atoms with Crippen LogP contribution in [-0.2, 0) is 5.41 Å². The number of hydrogen-bond donors (Lipinski definition) is 0. The highest BCUT2D eigenvalue weighted by Crippen LogP contribution is 2.43. The predicted octanol–water partition coefficient (Wildman–Crippen LogP) is 4.18. The SMILES string of the molecule is Cc1cc(F)ccc1C1(C)CCC(Cl)C1. The van der Waals surface area contributed by atoms with Crippen molar-refractivity contribution in [1.82, 2.24) is 0 Å². The molecule has 0 nitrogen and oxygen atoms in total. The van der Waals surface area contributed by atoms with Crippen LogP contribution in [0.3, 0.4) is 0 Å². The van der Waals surface area contributed by atoms with Gasteiger partial charge in [-0.15, -0.1) is 11.6 Å². The average molecular weight is 227 g/mol. The van der Waals surface area contributed by atoms with E-state index in [9.17, 15) is 4.39 Å². The largest absolute Gasteiger partial charge is 0.207 e. The van der Waals surface area contributed by atoms with E-state index in [1.165, 1.54) is 5.56 Å². The van der Waals surface area contributed by atoms with Crippen LogP contribution >= 0.6 is 11.6 Å². The minimum atomic E-state index is -0.153. The first-order valence-corrected chi connectivity index (χ1v) is 5.86. The lowest BCUT2D eigenvalue weighted by molar-refractivity contribution is 0.487. The summed E-state index contributed by atoms with van der Waals surface area (Å²) in [6, 6.07) is 5.08. The second kappa shape index (κ2) is 3.79. The molecule has 2 heteroatoms. The van der Waals surface area contributed by atoms with E-state index in [0.717, 1.165) is 24.8 Å². The normalized spacial score (nSPS) is 30.8. The Balaban J connectivity index is 2.37. The highest BCUT2D eigenvalue weighted by atomic mass is 35.5. The zero-order valence-corrected chi connectivity index (χ0v) is 9.94. The van der Waals surface area contributed by atoms with E-state index >= 15 is 0 Å². The summed E-state index contributed by atoms with van der Waals surface area (Å²) in [6.45, 7) is 4.21. The van der Waals surface area contributed by atoms with Crippen molar-refractivity contribution in [2.24, 2.45) is 0 Å². The Bertz CT molecular complexity index is 375. The van der Waals surface area contributed by atoms with Crippen LogP contribution in [0.2, 0.25) is 0 Å². The van der Waals surface area contributed by atoms with E-state index in [2.05, 4.69) is 6.92 Å². The minimum absolute atomic E-state index is 0.143. The molecule has 1 aromatic carbocycles. The van der Waals surface area contributed by atoms with Crippen molar-refractivity contribution in [2.45, 2.75) is 43.9 Å². The number of alkyl halides is 1. The molecule has 0 saturated heterocycles. The predicted molar refractivity (Wildman–Crippen MR) is 62.0 cm³/mol. The molecule has 82 valence electrons. The first kappa shape index (κ1) is 10.9. The van der Waals surface area contributed by atoms with Crippen LogP contribution in [0, 0.1) is 12.7 Å². The molecule has 0 aliphatic heterocycles. The minimum Gasteiger partial charge on any atom is -0.207 e. The summed E-state index contributed by atoms with van der Waals surface area (Å²) in [4.78, 5) is 0. The Hall–Kier alpha value is -0.560. The van der Waals surface area contributed by atoms with Crippen LogP contribution < -0.4 is 0 Å². The van der Waals surface area contributed by atoms with Crippen molar-refractivity contribution in [3.63, 3.8) is 0 Å². The topological polar surface area (TPSA) is 0 Å². The van der Waals surface area contributed by atoms with Gasteiger partial charge in [-0.05, 0) is 54.9 Å². The maximum Gasteiger partial charge on any atom is 0.123 e. The van der Waals surface area contributed by atoms with Crippen LogP contribution in [0.4, 0.5) is 4.39 Å². The van der Waals surface area contributed by atoms with Crippen molar-refractivity contribution >= 4 is 11.6 Å². The molecular weight excluding hydrogens is 211 g/mol. The second-order valence-corrected chi connectivity index (χ2v) is 5.48. The van der Waals surface area contributed by atoms with Crippen LogP contribution in [-0.4, -0.2) is 5.38 Å². The van der Waals surface area contributed by atoms with Gasteiger partial charge in [0.2, 0.25) is 0 Å². The molecular formula is C13H16ClF. The van der Waals surface area contributed by atoms with Crippen molar-refractivity contribution in [1.29, 1.82) is 0 Å². The summed E-state index contributed by atoms with van der Waals surface area (Å²) in [7, 11) is 0. The van der Waals surface area contributed by atoms with Gasteiger partial charge in [-0.3, -0.25) is 0 Å². The molecule has 1 saturated carbocycles. The maximum absolute atomic E-state index is 13.0. The number of rotatable bonds is 1. The third kappa shape index (κ3) is 2.03. The molecule has 0 radical (unpaired) electrons. The molecule has 0 N–H and O–H groups in total. The summed E-state index contributed by atoms with van der Waals surface area (Å²) in [6.07, 6.45) is 3.17. The van der Waals surface area contributed by atoms with Gasteiger partial charge in [0.25, 0.3) is 0 Å². The Morgan fingerprint density at radius 3 is 2.73 bits per heavy atom. The molecule has 2 rings (SSSR count). The maximum atomic E-state index is 13.0. The van der Waals surface area contributed by atoms with E-state index in [0.29, 0.717) is 0 Å². The highest BCUT2D eigenvalue weighted by molar-refractivity contribution is 6.20. The molecule has 1 fully saturated rings. The van der Waals surface area contributed by atoms with E-state index in [4.69, 9.17) is 11.6 Å². The molecule has 1 aliphatic rings. The fourth-order valence-corrected chi connectivity index (χ4v) is 3.17. The van der Waals surface area contributed by atoms with E-state index < -0.39 is 0 Å². The summed E-state index contributed by atoms with van der Waals surface area (Å²) in [5, 5.41) is 0.277. The van der Waals surface area contributed by atoms with Crippen LogP contribution in [0.5, 0.6) is 0 Å². The van der Waals surface area contributed by atoms with Crippen molar-refractivity contribution in [3.05, 3.63) is 35.1 Å². The van der Waals surface area contributed by atoms with Gasteiger partial charge in [-0.1, -0.05) is 13.0 Å². The van der Waals surface area contributed by atoms with Crippen LogP contribution in [0.1, 0.15) is 37.3 Å². The van der Waals surface area contributed by atoms with Crippen molar-refractivity contribution < 1.29 is 4.39 Å². The Kier molecular flexibility index (Phi) is 2.76. The number of aryl methyl sites for hydroxylation is 1. The van der Waals surface area contributed by atoms with Gasteiger partial charge in [0.15, 0.2) is 0 Å². The molecule has 0 aromatic heterocycles. The van der Waals surface area contributed by atoms with Gasteiger partial charge in [-0.2, -0.15) is 0 Å². The smallest absolute Gasteiger partial charge is 0.123 e. The van der Waals surface area contributed by atoms with Gasteiger partial charge >= 0.3 is 0 Å². The number of benzene rings is 1. The molecule has 0 spiro atoms. The van der Waals surface area contributed by atoms with E-state index in [1.54, 1.807) is 12.1 Å². The molecule has 1 aliphatic carbocycles. The van der Waals surface area contributed by atoms with Crippen molar-refractivity contribution in [3.8, 4) is 0 Å². The zero-order chi connectivity index (χ0) is 11.1. The quantitative estimate of drug-likeness (QED) is 0.630. The van der Waals surface area contributed by atoms with Crippen LogP contribution in [0.25, 0.3) is 0 Å². The molecule has 0 bridgehead atoms. The standard InChI is InChI=1S/C13H16ClF/c1-9-7-11(15)3-4-12(9)13(2)6-5-10(14)8-13/h3-4,7,10H,5-6,8H2,1-2H3. The molecule has 0 amide bonds. The summed E-state index contributed by atoms with van der Waals surface area (Å²) < 4.78 is 13.0. The second-order valence-electron chi connectivity index (χ2n) is 4.86. The molecule has 0 heterocycles. The summed E-state index contributed by atoms with van der Waals surface area (Å²) in [5.41, 5.74) is 2.44. The van der Waals surface area contributed by atoms with Gasteiger partial charge < -0.3 is 0 Å². The third-order valence-corrected chi connectivity index (χ3v) is 3.89. The fraction of sp³-hybridized carbons (Fsp3) is 0.538. The monoisotopic (exact) mass is 226 g/mol. The highest BCUT2D eigenvalue weighted by Gasteiger charge is 2.36. The Labute approximate surface area is 95.4 Å². The van der Waals surface area contributed by atoms with E-state index in [-0.39, 0.29) is 16.6 Å². The average Bonchev–Trinajstić information content (AvgIpc) is 2.46. The number of halogens is 2. The van der Waals surface area contributed by atoms with E-state index in [1.807, 2.05) is 13.0 Å². The summed E-state index contributed by atoms with van der Waals surface area (Å²) in [5.74, 6) is -0.153. The summed E-state index contributed by atoms with van der Waals surface area (Å²) >= 11 is 6.16. The molecule has 2 unspecified atom stereocenters. The molecule has 1 aromatic rings. The van der Waals surface area contributed by atoms with Crippen molar-refractivity contribution in [2.75, 3.05) is 0 Å². The van der Waals surface area contributed by atoms with Gasteiger partial charge in [0.05, 0.1) is 0 Å². The molecule has 15 heavy (non-hydrogen) atoms. The first-order valence-electron chi connectivity index (χ1n) is 5.42. The van der Waals surface area contributed by atoms with Crippen LogP contribution in [0.15, 0.2) is 18.2 Å². The lowest BCUT2D eigenvalue weighted by Crippen LogP contribution is -2.19. The zero-order valence-electron chi connectivity index (χ0n) is 9.19. The lowest BCUT2D eigenvalue weighted by Gasteiger charge is -2.26. The van der Waals surface area contributed by atoms with Gasteiger partial charge in [0.1, 0.15) is 5.82 Å². The van der Waals surface area contributed by atoms with Gasteiger partial charge in [0, 0.05) is 5.38 Å². The fourth-order valence-electron chi connectivity index (χ4n) is 2.72. The first-order chi connectivity index (χ1) is 7.01. The third-order valence-electron chi connectivity index (χ3n) is 3.52. The number of hydrogen-bond acceptors (Lipinski definition) is 0.